The van der Waals surface area contributed by atoms with E-state index in [9.17, 15) is 13.2 Å². The highest BCUT2D eigenvalue weighted by Gasteiger charge is 2.41. The van der Waals surface area contributed by atoms with Crippen LogP contribution in [0.15, 0.2) is 12.1 Å². The number of halogens is 6. The second-order valence-electron chi connectivity index (χ2n) is 3.42. The van der Waals surface area contributed by atoms with Gasteiger partial charge in [-0.1, -0.05) is 34.8 Å². The normalized spacial score (nSPS) is 13.5. The molecule has 1 aromatic rings. The average molecular weight is 323 g/mol. The zero-order valence-corrected chi connectivity index (χ0v) is 11.2. The van der Waals surface area contributed by atoms with E-state index < -0.39 is 12.3 Å². The SMILES string of the molecule is NCCC(Oc1cc(Cl)c(Cl)cc1Cl)C(F)(F)F. The monoisotopic (exact) mass is 321 g/mol. The molecule has 1 rings (SSSR count). The standard InChI is InChI=1S/C10H9Cl3F3NO/c11-5-3-7(13)8(4-6(5)12)18-9(1-2-17)10(14,15)16/h3-4,9H,1-2,17H2. The number of hydrogen-bond acceptors (Lipinski definition) is 2. The van der Waals surface area contributed by atoms with Crippen LogP contribution in [0.1, 0.15) is 6.42 Å². The van der Waals surface area contributed by atoms with Gasteiger partial charge in [-0.15, -0.1) is 0 Å². The Labute approximate surface area is 117 Å². The van der Waals surface area contributed by atoms with E-state index in [4.69, 9.17) is 45.3 Å². The van der Waals surface area contributed by atoms with E-state index >= 15 is 0 Å². The molecule has 0 aliphatic heterocycles. The highest BCUT2D eigenvalue weighted by atomic mass is 35.5. The average Bonchev–Trinajstić information content (AvgIpc) is 2.23. The van der Waals surface area contributed by atoms with Gasteiger partial charge in [-0.25, -0.2) is 0 Å². The van der Waals surface area contributed by atoms with Gasteiger partial charge < -0.3 is 10.5 Å². The van der Waals surface area contributed by atoms with Gasteiger partial charge in [0.1, 0.15) is 5.75 Å². The van der Waals surface area contributed by atoms with Crippen molar-refractivity contribution < 1.29 is 17.9 Å². The van der Waals surface area contributed by atoms with Crippen molar-refractivity contribution in [2.24, 2.45) is 5.73 Å². The Morgan fingerprint density at radius 3 is 2.17 bits per heavy atom. The molecule has 2 N–H and O–H groups in total. The molecule has 2 nitrogen and oxygen atoms in total. The number of hydrogen-bond donors (Lipinski definition) is 1. The molecule has 0 aliphatic carbocycles. The molecule has 0 aromatic heterocycles. The molecule has 0 amide bonds. The Kier molecular flexibility index (Phi) is 5.40. The largest absolute Gasteiger partial charge is 0.479 e. The Bertz CT molecular complexity index is 426. The summed E-state index contributed by atoms with van der Waals surface area (Å²) in [5.74, 6) is -0.179. The third-order valence-electron chi connectivity index (χ3n) is 2.04. The highest BCUT2D eigenvalue weighted by molar-refractivity contribution is 6.43. The first kappa shape index (κ1) is 15.7. The molecule has 0 saturated carbocycles. The molecule has 0 heterocycles. The van der Waals surface area contributed by atoms with Crippen molar-refractivity contribution in [3.05, 3.63) is 27.2 Å². The maximum absolute atomic E-state index is 12.6. The molecule has 1 atom stereocenters. The molecule has 0 radical (unpaired) electrons. The first-order valence-corrected chi connectivity index (χ1v) is 5.97. The second kappa shape index (κ2) is 6.19. The molecule has 0 aliphatic rings. The van der Waals surface area contributed by atoms with E-state index in [1.165, 1.54) is 6.07 Å². The molecular formula is C10H9Cl3F3NO. The summed E-state index contributed by atoms with van der Waals surface area (Å²) in [6, 6.07) is 2.36. The summed E-state index contributed by atoms with van der Waals surface area (Å²) in [6.45, 7) is -0.164. The number of ether oxygens (including phenoxy) is 1. The summed E-state index contributed by atoms with van der Waals surface area (Å²) >= 11 is 17.1. The van der Waals surface area contributed by atoms with Gasteiger partial charge in [0.05, 0.1) is 15.1 Å². The zero-order valence-electron chi connectivity index (χ0n) is 8.90. The highest BCUT2D eigenvalue weighted by Crippen LogP contribution is 2.36. The lowest BCUT2D eigenvalue weighted by Gasteiger charge is -2.22. The minimum Gasteiger partial charge on any atom is -0.479 e. The van der Waals surface area contributed by atoms with E-state index in [2.05, 4.69) is 0 Å². The lowest BCUT2D eigenvalue weighted by molar-refractivity contribution is -0.196. The Balaban J connectivity index is 2.97. The zero-order chi connectivity index (χ0) is 13.9. The van der Waals surface area contributed by atoms with Crippen molar-refractivity contribution >= 4 is 34.8 Å². The van der Waals surface area contributed by atoms with Crippen LogP contribution in [-0.4, -0.2) is 18.8 Å². The molecule has 8 heteroatoms. The van der Waals surface area contributed by atoms with Crippen molar-refractivity contribution in [2.75, 3.05) is 6.54 Å². The number of benzene rings is 1. The third-order valence-corrected chi connectivity index (χ3v) is 3.06. The lowest BCUT2D eigenvalue weighted by atomic mass is 10.2. The quantitative estimate of drug-likeness (QED) is 0.839. The molecule has 0 fully saturated rings. The molecule has 18 heavy (non-hydrogen) atoms. The Morgan fingerprint density at radius 1 is 1.11 bits per heavy atom. The van der Waals surface area contributed by atoms with Crippen LogP contribution in [-0.2, 0) is 0 Å². The predicted molar refractivity (Wildman–Crippen MR) is 65.6 cm³/mol. The fraction of sp³-hybridized carbons (Fsp3) is 0.400. The van der Waals surface area contributed by atoms with Crippen LogP contribution in [0.25, 0.3) is 0 Å². The maximum atomic E-state index is 12.6. The lowest BCUT2D eigenvalue weighted by Crippen LogP contribution is -2.36. The summed E-state index contributed by atoms with van der Waals surface area (Å²) in [5.41, 5.74) is 5.11. The van der Waals surface area contributed by atoms with Crippen LogP contribution in [0.5, 0.6) is 5.75 Å². The molecule has 102 valence electrons. The summed E-state index contributed by atoms with van der Waals surface area (Å²) in [7, 11) is 0. The second-order valence-corrected chi connectivity index (χ2v) is 4.64. The van der Waals surface area contributed by atoms with Crippen LogP contribution >= 0.6 is 34.8 Å². The molecular weight excluding hydrogens is 313 g/mol. The van der Waals surface area contributed by atoms with Gasteiger partial charge in [0.2, 0.25) is 0 Å². The van der Waals surface area contributed by atoms with Crippen molar-refractivity contribution in [3.63, 3.8) is 0 Å². The summed E-state index contributed by atoms with van der Waals surface area (Å²) in [4.78, 5) is 0. The van der Waals surface area contributed by atoms with Gasteiger partial charge in [-0.05, 0) is 12.6 Å². The molecule has 1 unspecified atom stereocenters. The van der Waals surface area contributed by atoms with Gasteiger partial charge in [-0.2, -0.15) is 13.2 Å². The first-order chi connectivity index (χ1) is 8.25. The van der Waals surface area contributed by atoms with E-state index in [0.29, 0.717) is 0 Å². The number of rotatable bonds is 4. The van der Waals surface area contributed by atoms with Crippen molar-refractivity contribution in [1.29, 1.82) is 0 Å². The maximum Gasteiger partial charge on any atom is 0.425 e. The summed E-state index contributed by atoms with van der Waals surface area (Å²) in [5, 5.41) is 0.150. The van der Waals surface area contributed by atoms with Gasteiger partial charge >= 0.3 is 6.18 Å². The Hall–Kier alpha value is -0.360. The fourth-order valence-electron chi connectivity index (χ4n) is 1.19. The van der Waals surface area contributed by atoms with Crippen LogP contribution < -0.4 is 10.5 Å². The van der Waals surface area contributed by atoms with E-state index in [-0.39, 0.29) is 33.8 Å². The summed E-state index contributed by atoms with van der Waals surface area (Å²) in [6.07, 6.45) is -6.94. The smallest absolute Gasteiger partial charge is 0.425 e. The van der Waals surface area contributed by atoms with E-state index in [0.717, 1.165) is 6.07 Å². The van der Waals surface area contributed by atoms with Gasteiger partial charge in [0.15, 0.2) is 6.10 Å². The van der Waals surface area contributed by atoms with Gasteiger partial charge in [-0.3, -0.25) is 0 Å². The topological polar surface area (TPSA) is 35.2 Å². The van der Waals surface area contributed by atoms with Crippen LogP contribution in [0.4, 0.5) is 13.2 Å². The summed E-state index contributed by atoms with van der Waals surface area (Å²) < 4.78 is 42.7. The number of nitrogens with two attached hydrogens (primary N) is 1. The molecule has 1 aromatic carbocycles. The fourth-order valence-corrected chi connectivity index (χ4v) is 1.77. The Morgan fingerprint density at radius 2 is 1.67 bits per heavy atom. The minimum absolute atomic E-state index is 0.0457. The minimum atomic E-state index is -4.53. The van der Waals surface area contributed by atoms with Crippen LogP contribution in [0, 0.1) is 0 Å². The number of alkyl halides is 3. The third kappa shape index (κ3) is 4.09. The van der Waals surface area contributed by atoms with Crippen molar-refractivity contribution in [3.8, 4) is 5.75 Å². The van der Waals surface area contributed by atoms with Crippen molar-refractivity contribution in [2.45, 2.75) is 18.7 Å². The molecule has 0 spiro atoms. The van der Waals surface area contributed by atoms with Crippen molar-refractivity contribution in [1.82, 2.24) is 0 Å². The van der Waals surface area contributed by atoms with E-state index in [1.54, 1.807) is 0 Å². The van der Waals surface area contributed by atoms with E-state index in [1.807, 2.05) is 0 Å². The van der Waals surface area contributed by atoms with Gasteiger partial charge in [0, 0.05) is 12.5 Å². The van der Waals surface area contributed by atoms with Crippen LogP contribution in [0.2, 0.25) is 15.1 Å². The predicted octanol–water partition coefficient (Wildman–Crippen LogP) is 4.31. The van der Waals surface area contributed by atoms with Gasteiger partial charge in [0.25, 0.3) is 0 Å². The molecule has 0 saturated heterocycles. The molecule has 0 bridgehead atoms. The first-order valence-electron chi connectivity index (χ1n) is 4.83. The van der Waals surface area contributed by atoms with Crippen LogP contribution in [0.3, 0.4) is 0 Å².